The largest absolute Gasteiger partial charge is 0.486 e. The predicted molar refractivity (Wildman–Crippen MR) is 124 cm³/mol. The van der Waals surface area contributed by atoms with E-state index in [2.05, 4.69) is 27.6 Å². The molecule has 1 aliphatic heterocycles. The van der Waals surface area contributed by atoms with Gasteiger partial charge >= 0.3 is 0 Å². The van der Waals surface area contributed by atoms with Crippen molar-refractivity contribution in [1.29, 1.82) is 0 Å². The zero-order chi connectivity index (χ0) is 22.0. The first-order chi connectivity index (χ1) is 15.8. The standard InChI is InChI=1S/C24H28N4O3S/c29-23(25-16-21-12-7-15-30-21)18-32-24-27-26-22(17-31-20-10-5-2-6-11-20)28(24)14-13-19-8-3-1-4-9-19/h1-6,8-11,21H,7,12-18H2,(H,25,29). The molecule has 1 aliphatic rings. The molecule has 1 saturated heterocycles. The minimum atomic E-state index is -0.0230. The molecule has 0 aliphatic carbocycles. The summed E-state index contributed by atoms with van der Waals surface area (Å²) in [4.78, 5) is 12.3. The summed E-state index contributed by atoms with van der Waals surface area (Å²) in [6, 6.07) is 20.0. The number of rotatable bonds is 11. The van der Waals surface area contributed by atoms with Gasteiger partial charge in [0.2, 0.25) is 5.91 Å². The quantitative estimate of drug-likeness (QED) is 0.449. The Kier molecular flexibility index (Phi) is 8.17. The van der Waals surface area contributed by atoms with Crippen LogP contribution in [0.1, 0.15) is 24.2 Å². The lowest BCUT2D eigenvalue weighted by atomic mass is 10.1. The monoisotopic (exact) mass is 452 g/mol. The van der Waals surface area contributed by atoms with Gasteiger partial charge in [-0.05, 0) is 37.0 Å². The van der Waals surface area contributed by atoms with Crippen LogP contribution in [0.15, 0.2) is 65.8 Å². The van der Waals surface area contributed by atoms with Crippen LogP contribution in [-0.4, -0.2) is 45.7 Å². The van der Waals surface area contributed by atoms with E-state index in [4.69, 9.17) is 9.47 Å². The number of carbonyl (C=O) groups excluding carboxylic acids is 1. The molecule has 1 aromatic heterocycles. The summed E-state index contributed by atoms with van der Waals surface area (Å²) >= 11 is 1.40. The van der Waals surface area contributed by atoms with Gasteiger partial charge in [0.15, 0.2) is 11.0 Å². The molecule has 1 amide bonds. The molecule has 1 atom stereocenters. The molecule has 0 saturated carbocycles. The number of hydrogen-bond acceptors (Lipinski definition) is 6. The Morgan fingerprint density at radius 2 is 1.91 bits per heavy atom. The van der Waals surface area contributed by atoms with Gasteiger partial charge in [0.05, 0.1) is 11.9 Å². The van der Waals surface area contributed by atoms with Gasteiger partial charge in [-0.3, -0.25) is 4.79 Å². The van der Waals surface area contributed by atoms with Gasteiger partial charge in [-0.1, -0.05) is 60.3 Å². The molecule has 3 aromatic rings. The van der Waals surface area contributed by atoms with Crippen molar-refractivity contribution in [3.05, 3.63) is 72.1 Å². The number of amides is 1. The van der Waals surface area contributed by atoms with Gasteiger partial charge in [0.25, 0.3) is 0 Å². The number of hydrogen-bond donors (Lipinski definition) is 1. The topological polar surface area (TPSA) is 78.3 Å². The zero-order valence-electron chi connectivity index (χ0n) is 18.0. The van der Waals surface area contributed by atoms with Gasteiger partial charge in [-0.15, -0.1) is 10.2 Å². The maximum absolute atomic E-state index is 12.3. The lowest BCUT2D eigenvalue weighted by molar-refractivity contribution is -0.119. The molecule has 0 spiro atoms. The second-order valence-electron chi connectivity index (χ2n) is 7.62. The number of aryl methyl sites for hydroxylation is 1. The average Bonchev–Trinajstić information content (AvgIpc) is 3.50. The molecule has 0 radical (unpaired) electrons. The third kappa shape index (κ3) is 6.58. The highest BCUT2D eigenvalue weighted by Gasteiger charge is 2.18. The SMILES string of the molecule is O=C(CSc1nnc(COc2ccccc2)n1CCc1ccccc1)NCC1CCCO1. The van der Waals surface area contributed by atoms with E-state index in [9.17, 15) is 4.79 Å². The smallest absolute Gasteiger partial charge is 0.230 e. The van der Waals surface area contributed by atoms with Crippen LogP contribution in [0.4, 0.5) is 0 Å². The predicted octanol–water partition coefficient (Wildman–Crippen LogP) is 3.49. The highest BCUT2D eigenvalue weighted by molar-refractivity contribution is 7.99. The minimum Gasteiger partial charge on any atom is -0.486 e. The summed E-state index contributed by atoms with van der Waals surface area (Å²) in [6.07, 6.45) is 3.05. The van der Waals surface area contributed by atoms with Crippen LogP contribution in [0.25, 0.3) is 0 Å². The Morgan fingerprint density at radius 3 is 2.66 bits per heavy atom. The normalized spacial score (nSPS) is 15.6. The van der Waals surface area contributed by atoms with E-state index in [1.807, 2.05) is 53.1 Å². The van der Waals surface area contributed by atoms with Crippen LogP contribution in [-0.2, 0) is 29.1 Å². The molecule has 1 N–H and O–H groups in total. The van der Waals surface area contributed by atoms with Crippen LogP contribution >= 0.6 is 11.8 Å². The molecule has 0 bridgehead atoms. The molecular weight excluding hydrogens is 424 g/mol. The number of benzene rings is 2. The van der Waals surface area contributed by atoms with Gasteiger partial charge in [0, 0.05) is 19.7 Å². The molecule has 2 heterocycles. The molecule has 168 valence electrons. The number of aromatic nitrogens is 3. The van der Waals surface area contributed by atoms with Gasteiger partial charge in [-0.25, -0.2) is 0 Å². The molecule has 32 heavy (non-hydrogen) atoms. The molecule has 1 unspecified atom stereocenters. The van der Waals surface area contributed by atoms with E-state index in [1.165, 1.54) is 17.3 Å². The highest BCUT2D eigenvalue weighted by Crippen LogP contribution is 2.20. The number of nitrogens with zero attached hydrogens (tertiary/aromatic N) is 3. The summed E-state index contributed by atoms with van der Waals surface area (Å²) < 4.78 is 13.5. The Bertz CT molecular complexity index is 975. The summed E-state index contributed by atoms with van der Waals surface area (Å²) in [7, 11) is 0. The number of nitrogens with one attached hydrogen (secondary N) is 1. The van der Waals surface area contributed by atoms with E-state index in [0.29, 0.717) is 19.7 Å². The van der Waals surface area contributed by atoms with Crippen molar-refractivity contribution in [2.45, 2.75) is 43.7 Å². The highest BCUT2D eigenvalue weighted by atomic mass is 32.2. The lowest BCUT2D eigenvalue weighted by Gasteiger charge is -2.12. The maximum Gasteiger partial charge on any atom is 0.230 e. The molecule has 2 aromatic carbocycles. The van der Waals surface area contributed by atoms with Crippen molar-refractivity contribution in [2.24, 2.45) is 0 Å². The van der Waals surface area contributed by atoms with E-state index in [-0.39, 0.29) is 17.8 Å². The fourth-order valence-electron chi connectivity index (χ4n) is 3.52. The number of thioether (sulfide) groups is 1. The number of carbonyl (C=O) groups is 1. The van der Waals surface area contributed by atoms with E-state index in [1.54, 1.807) is 0 Å². The van der Waals surface area contributed by atoms with Crippen molar-refractivity contribution in [3.8, 4) is 5.75 Å². The first-order valence-electron chi connectivity index (χ1n) is 10.9. The molecule has 1 fully saturated rings. The Hall–Kier alpha value is -2.84. The summed E-state index contributed by atoms with van der Waals surface area (Å²) in [5.74, 6) is 1.79. The van der Waals surface area contributed by atoms with E-state index in [0.717, 1.165) is 42.6 Å². The molecular formula is C24H28N4O3S. The lowest BCUT2D eigenvalue weighted by Crippen LogP contribution is -2.33. The van der Waals surface area contributed by atoms with Crippen molar-refractivity contribution < 1.29 is 14.3 Å². The van der Waals surface area contributed by atoms with Crippen LogP contribution in [0.5, 0.6) is 5.75 Å². The van der Waals surface area contributed by atoms with E-state index >= 15 is 0 Å². The zero-order valence-corrected chi connectivity index (χ0v) is 18.8. The Balaban J connectivity index is 1.37. The fourth-order valence-corrected chi connectivity index (χ4v) is 4.33. The summed E-state index contributed by atoms with van der Waals surface area (Å²) in [5, 5.41) is 12.4. The number of ether oxygens (including phenoxy) is 2. The first-order valence-corrected chi connectivity index (χ1v) is 11.9. The van der Waals surface area contributed by atoms with Crippen molar-refractivity contribution in [1.82, 2.24) is 20.1 Å². The van der Waals surface area contributed by atoms with Crippen molar-refractivity contribution >= 4 is 17.7 Å². The van der Waals surface area contributed by atoms with E-state index < -0.39 is 0 Å². The minimum absolute atomic E-state index is 0.0230. The molecule has 4 rings (SSSR count). The summed E-state index contributed by atoms with van der Waals surface area (Å²) in [6.45, 7) is 2.38. The van der Waals surface area contributed by atoms with Crippen LogP contribution in [0, 0.1) is 0 Å². The van der Waals surface area contributed by atoms with Gasteiger partial charge < -0.3 is 19.4 Å². The first kappa shape index (κ1) is 22.4. The molecule has 7 nitrogen and oxygen atoms in total. The second kappa shape index (κ2) is 11.7. The van der Waals surface area contributed by atoms with Gasteiger partial charge in [-0.2, -0.15) is 0 Å². The van der Waals surface area contributed by atoms with Crippen molar-refractivity contribution in [3.63, 3.8) is 0 Å². The number of para-hydroxylation sites is 1. The second-order valence-corrected chi connectivity index (χ2v) is 8.56. The Labute approximate surface area is 192 Å². The van der Waals surface area contributed by atoms with Crippen molar-refractivity contribution in [2.75, 3.05) is 18.9 Å². The van der Waals surface area contributed by atoms with Crippen LogP contribution in [0.3, 0.4) is 0 Å². The fraction of sp³-hybridized carbons (Fsp3) is 0.375. The summed E-state index contributed by atoms with van der Waals surface area (Å²) in [5.41, 5.74) is 1.24. The third-order valence-corrected chi connectivity index (χ3v) is 6.22. The third-order valence-electron chi connectivity index (χ3n) is 5.25. The van der Waals surface area contributed by atoms with Crippen LogP contribution < -0.4 is 10.1 Å². The van der Waals surface area contributed by atoms with Crippen LogP contribution in [0.2, 0.25) is 0 Å². The Morgan fingerprint density at radius 1 is 1.12 bits per heavy atom. The molecule has 8 heteroatoms. The van der Waals surface area contributed by atoms with Gasteiger partial charge in [0.1, 0.15) is 12.4 Å². The average molecular weight is 453 g/mol. The maximum atomic E-state index is 12.3.